The van der Waals surface area contributed by atoms with E-state index in [9.17, 15) is 0 Å². The molecule has 3 rings (SSSR count). The van der Waals surface area contributed by atoms with E-state index < -0.39 is 0 Å². The van der Waals surface area contributed by atoms with E-state index in [4.69, 9.17) is 16.0 Å². The van der Waals surface area contributed by atoms with Gasteiger partial charge in [-0.25, -0.2) is 0 Å². The molecule has 0 aliphatic rings. The lowest BCUT2D eigenvalue weighted by Gasteiger charge is -1.97. The van der Waals surface area contributed by atoms with E-state index in [-0.39, 0.29) is 0 Å². The number of hydrogen-bond donors (Lipinski definition) is 0. The minimum absolute atomic E-state index is 0.448. The highest BCUT2D eigenvalue weighted by Gasteiger charge is 2.12. The molecule has 0 aliphatic carbocycles. The van der Waals surface area contributed by atoms with Gasteiger partial charge in [-0.2, -0.15) is 0 Å². The van der Waals surface area contributed by atoms with Crippen LogP contribution in [0, 0.1) is 0 Å². The molecule has 0 aromatic carbocycles. The molecule has 3 heterocycles. The fourth-order valence-electron chi connectivity index (χ4n) is 1.38. The first-order chi connectivity index (χ1) is 7.36. The number of rotatable bonds is 1. The van der Waals surface area contributed by atoms with Gasteiger partial charge >= 0.3 is 0 Å². The van der Waals surface area contributed by atoms with Gasteiger partial charge in [-0.05, 0) is 12.1 Å². The molecule has 74 valence electrons. The van der Waals surface area contributed by atoms with Gasteiger partial charge in [0.25, 0.3) is 0 Å². The first-order valence-corrected chi connectivity index (χ1v) is 4.62. The third-order valence-corrected chi connectivity index (χ3v) is 2.28. The summed E-state index contributed by atoms with van der Waals surface area (Å²) in [5.74, 6) is 1.19. The standard InChI is InChI=1S/C9H5ClN4O/c10-7-4-11-5-8-12-13-9(14(7)8)6-2-1-3-15-6/h1-5H. The Morgan fingerprint density at radius 1 is 1.27 bits per heavy atom. The molecule has 0 N–H and O–H groups in total. The van der Waals surface area contributed by atoms with Crippen LogP contribution in [-0.4, -0.2) is 19.6 Å². The van der Waals surface area contributed by atoms with Crippen molar-refractivity contribution in [3.05, 3.63) is 35.9 Å². The largest absolute Gasteiger partial charge is 0.461 e. The zero-order valence-corrected chi connectivity index (χ0v) is 8.22. The Morgan fingerprint density at radius 3 is 3.00 bits per heavy atom. The number of halogens is 1. The SMILES string of the molecule is Clc1cncc2nnc(-c3ccco3)n12. The van der Waals surface area contributed by atoms with Crippen molar-refractivity contribution in [2.45, 2.75) is 0 Å². The molecule has 0 atom stereocenters. The summed E-state index contributed by atoms with van der Waals surface area (Å²) in [5.41, 5.74) is 0.592. The van der Waals surface area contributed by atoms with Crippen LogP contribution in [0.4, 0.5) is 0 Å². The van der Waals surface area contributed by atoms with Crippen molar-refractivity contribution < 1.29 is 4.42 Å². The fraction of sp³-hybridized carbons (Fsp3) is 0. The molecular formula is C9H5ClN4O. The van der Waals surface area contributed by atoms with Crippen LogP contribution in [0.15, 0.2) is 35.2 Å². The Bertz CT molecular complexity index is 602. The fourth-order valence-corrected chi connectivity index (χ4v) is 1.60. The molecule has 0 amide bonds. The van der Waals surface area contributed by atoms with Crippen LogP contribution in [0.3, 0.4) is 0 Å². The zero-order chi connectivity index (χ0) is 10.3. The topological polar surface area (TPSA) is 56.2 Å². The summed E-state index contributed by atoms with van der Waals surface area (Å²) in [6.07, 6.45) is 4.70. The van der Waals surface area contributed by atoms with Gasteiger partial charge in [0.2, 0.25) is 5.82 Å². The third kappa shape index (κ3) is 1.20. The second-order valence-corrected chi connectivity index (χ2v) is 3.31. The maximum atomic E-state index is 6.00. The van der Waals surface area contributed by atoms with E-state index in [1.165, 1.54) is 6.20 Å². The minimum Gasteiger partial charge on any atom is -0.461 e. The van der Waals surface area contributed by atoms with E-state index in [1.54, 1.807) is 29.0 Å². The molecule has 0 spiro atoms. The predicted octanol–water partition coefficient (Wildman–Crippen LogP) is 2.04. The monoisotopic (exact) mass is 220 g/mol. The number of fused-ring (bicyclic) bond motifs is 1. The third-order valence-electron chi connectivity index (χ3n) is 2.01. The van der Waals surface area contributed by atoms with Gasteiger partial charge in [-0.1, -0.05) is 11.6 Å². The Morgan fingerprint density at radius 2 is 2.20 bits per heavy atom. The molecule has 15 heavy (non-hydrogen) atoms. The van der Waals surface area contributed by atoms with E-state index in [0.29, 0.717) is 22.4 Å². The van der Waals surface area contributed by atoms with Crippen molar-refractivity contribution in [1.29, 1.82) is 0 Å². The van der Waals surface area contributed by atoms with Gasteiger partial charge < -0.3 is 4.42 Å². The van der Waals surface area contributed by atoms with E-state index in [1.807, 2.05) is 0 Å². The van der Waals surface area contributed by atoms with Gasteiger partial charge in [0.1, 0.15) is 5.15 Å². The van der Waals surface area contributed by atoms with Crippen molar-refractivity contribution >= 4 is 17.2 Å². The summed E-state index contributed by atoms with van der Waals surface area (Å²) in [5, 5.41) is 8.38. The van der Waals surface area contributed by atoms with Crippen LogP contribution in [0.2, 0.25) is 5.15 Å². The number of aromatic nitrogens is 4. The molecule has 0 aliphatic heterocycles. The molecule has 3 aromatic rings. The van der Waals surface area contributed by atoms with E-state index in [0.717, 1.165) is 0 Å². The molecule has 0 fully saturated rings. The van der Waals surface area contributed by atoms with Crippen LogP contribution in [0.1, 0.15) is 0 Å². The molecule has 0 saturated carbocycles. The number of furan rings is 1. The van der Waals surface area contributed by atoms with Crippen molar-refractivity contribution in [1.82, 2.24) is 19.6 Å². The zero-order valence-electron chi connectivity index (χ0n) is 7.46. The summed E-state index contributed by atoms with van der Waals surface area (Å²) in [6, 6.07) is 3.58. The second-order valence-electron chi connectivity index (χ2n) is 2.92. The Balaban J connectivity index is 2.37. The van der Waals surface area contributed by atoms with Crippen LogP contribution >= 0.6 is 11.6 Å². The van der Waals surface area contributed by atoms with Crippen molar-refractivity contribution in [3.8, 4) is 11.6 Å². The molecule has 3 aromatic heterocycles. The molecule has 5 nitrogen and oxygen atoms in total. The molecule has 6 heteroatoms. The Hall–Kier alpha value is -1.88. The lowest BCUT2D eigenvalue weighted by molar-refractivity contribution is 0.576. The lowest BCUT2D eigenvalue weighted by Crippen LogP contribution is -1.91. The normalized spacial score (nSPS) is 11.0. The summed E-state index contributed by atoms with van der Waals surface area (Å²) in [6.45, 7) is 0. The van der Waals surface area contributed by atoms with E-state index >= 15 is 0 Å². The second kappa shape index (κ2) is 3.06. The summed E-state index contributed by atoms with van der Waals surface area (Å²) >= 11 is 6.00. The van der Waals surface area contributed by atoms with Crippen molar-refractivity contribution in [2.75, 3.05) is 0 Å². The van der Waals surface area contributed by atoms with Gasteiger partial charge in [-0.15, -0.1) is 10.2 Å². The number of hydrogen-bond acceptors (Lipinski definition) is 4. The maximum absolute atomic E-state index is 6.00. The molecule has 0 unspecified atom stereocenters. The van der Waals surface area contributed by atoms with Crippen molar-refractivity contribution in [2.24, 2.45) is 0 Å². The quantitative estimate of drug-likeness (QED) is 0.630. The maximum Gasteiger partial charge on any atom is 0.205 e. The smallest absolute Gasteiger partial charge is 0.205 e. The van der Waals surface area contributed by atoms with Gasteiger partial charge in [-0.3, -0.25) is 9.38 Å². The van der Waals surface area contributed by atoms with Crippen LogP contribution in [-0.2, 0) is 0 Å². The first-order valence-electron chi connectivity index (χ1n) is 4.25. The van der Waals surface area contributed by atoms with Gasteiger partial charge in [0.15, 0.2) is 11.4 Å². The van der Waals surface area contributed by atoms with E-state index in [2.05, 4.69) is 15.2 Å². The van der Waals surface area contributed by atoms with Crippen LogP contribution in [0.25, 0.3) is 17.2 Å². The van der Waals surface area contributed by atoms with Crippen LogP contribution < -0.4 is 0 Å². The average molecular weight is 221 g/mol. The highest BCUT2D eigenvalue weighted by atomic mass is 35.5. The van der Waals surface area contributed by atoms with Crippen LogP contribution in [0.5, 0.6) is 0 Å². The van der Waals surface area contributed by atoms with Gasteiger partial charge in [0.05, 0.1) is 18.7 Å². The predicted molar refractivity (Wildman–Crippen MR) is 53.5 cm³/mol. The number of nitrogens with zero attached hydrogens (tertiary/aromatic N) is 4. The van der Waals surface area contributed by atoms with Gasteiger partial charge in [0, 0.05) is 0 Å². The Kier molecular flexibility index (Phi) is 1.72. The summed E-state index contributed by atoms with van der Waals surface area (Å²) < 4.78 is 6.91. The minimum atomic E-state index is 0.448. The highest BCUT2D eigenvalue weighted by molar-refractivity contribution is 6.29. The average Bonchev–Trinajstić information content (AvgIpc) is 2.85. The molecule has 0 radical (unpaired) electrons. The molecule has 0 saturated heterocycles. The van der Waals surface area contributed by atoms with Crippen molar-refractivity contribution in [3.63, 3.8) is 0 Å². The first kappa shape index (κ1) is 8.43. The lowest BCUT2D eigenvalue weighted by atomic mass is 10.4. The molecule has 0 bridgehead atoms. The summed E-state index contributed by atoms with van der Waals surface area (Å²) in [4.78, 5) is 3.92. The molecular weight excluding hydrogens is 216 g/mol. The summed E-state index contributed by atoms with van der Waals surface area (Å²) in [7, 11) is 0. The Labute approximate surface area is 89.3 Å². The highest BCUT2D eigenvalue weighted by Crippen LogP contribution is 2.21.